The second-order valence-corrected chi connectivity index (χ2v) is 5.77. The van der Waals surface area contributed by atoms with Crippen molar-refractivity contribution < 1.29 is 4.79 Å². The van der Waals surface area contributed by atoms with Crippen LogP contribution >= 0.6 is 0 Å². The molecule has 0 N–H and O–H groups in total. The van der Waals surface area contributed by atoms with Crippen LogP contribution in [0, 0.1) is 5.92 Å². The second kappa shape index (κ2) is 6.20. The molecule has 1 aromatic rings. The first-order chi connectivity index (χ1) is 9.08. The summed E-state index contributed by atoms with van der Waals surface area (Å²) < 4.78 is 0. The van der Waals surface area contributed by atoms with Crippen LogP contribution in [0.4, 0.5) is 5.69 Å². The Labute approximate surface area is 116 Å². The highest BCUT2D eigenvalue weighted by atomic mass is 16.1. The van der Waals surface area contributed by atoms with E-state index in [1.807, 2.05) is 18.2 Å². The molecule has 19 heavy (non-hydrogen) atoms. The summed E-state index contributed by atoms with van der Waals surface area (Å²) in [5.41, 5.74) is 1.96. The molecule has 0 saturated carbocycles. The third-order valence-corrected chi connectivity index (χ3v) is 3.86. The Morgan fingerprint density at radius 1 is 1.26 bits per heavy atom. The predicted octanol–water partition coefficient (Wildman–Crippen LogP) is 2.67. The van der Waals surface area contributed by atoms with Crippen LogP contribution in [0.1, 0.15) is 30.1 Å². The molecule has 1 heterocycles. The van der Waals surface area contributed by atoms with Crippen LogP contribution in [0.5, 0.6) is 0 Å². The lowest BCUT2D eigenvalue weighted by Crippen LogP contribution is -2.37. The number of anilines is 1. The lowest BCUT2D eigenvalue weighted by atomic mass is 9.95. The zero-order valence-corrected chi connectivity index (χ0v) is 12.2. The lowest BCUT2D eigenvalue weighted by molar-refractivity contribution is 0.101. The van der Waals surface area contributed by atoms with Gasteiger partial charge in [0.1, 0.15) is 0 Å². The monoisotopic (exact) mass is 260 g/mol. The number of para-hydroxylation sites is 1. The molecule has 104 valence electrons. The van der Waals surface area contributed by atoms with Crippen molar-refractivity contribution >= 4 is 11.5 Å². The minimum atomic E-state index is 0.158. The second-order valence-electron chi connectivity index (χ2n) is 5.77. The minimum absolute atomic E-state index is 0.158. The van der Waals surface area contributed by atoms with E-state index in [1.54, 1.807) is 6.92 Å². The van der Waals surface area contributed by atoms with Gasteiger partial charge in [-0.15, -0.1) is 0 Å². The number of ketones is 1. The van der Waals surface area contributed by atoms with Crippen molar-refractivity contribution in [1.82, 2.24) is 4.90 Å². The molecule has 0 bridgehead atoms. The van der Waals surface area contributed by atoms with Gasteiger partial charge < -0.3 is 9.80 Å². The quantitative estimate of drug-likeness (QED) is 0.778. The molecule has 3 nitrogen and oxygen atoms in total. The van der Waals surface area contributed by atoms with Gasteiger partial charge in [-0.25, -0.2) is 0 Å². The molecule has 0 atom stereocenters. The van der Waals surface area contributed by atoms with Crippen molar-refractivity contribution in [3.8, 4) is 0 Å². The largest absolute Gasteiger partial charge is 0.371 e. The summed E-state index contributed by atoms with van der Waals surface area (Å²) in [6.45, 7) is 4.94. The molecule has 0 radical (unpaired) electrons. The van der Waals surface area contributed by atoms with Gasteiger partial charge in [0.05, 0.1) is 0 Å². The SMILES string of the molecule is CC(=O)c1ccccc1N1CCC(CN(C)C)CC1. The van der Waals surface area contributed by atoms with Crippen molar-refractivity contribution in [3.05, 3.63) is 29.8 Å². The van der Waals surface area contributed by atoms with Gasteiger partial charge in [-0.2, -0.15) is 0 Å². The summed E-state index contributed by atoms with van der Waals surface area (Å²) in [4.78, 5) is 16.3. The number of rotatable bonds is 4. The minimum Gasteiger partial charge on any atom is -0.371 e. The number of nitrogens with zero attached hydrogens (tertiary/aromatic N) is 2. The number of hydrogen-bond donors (Lipinski definition) is 0. The van der Waals surface area contributed by atoms with E-state index in [0.29, 0.717) is 0 Å². The van der Waals surface area contributed by atoms with Gasteiger partial charge in [0.25, 0.3) is 0 Å². The third-order valence-electron chi connectivity index (χ3n) is 3.86. The Kier molecular flexibility index (Phi) is 4.59. The van der Waals surface area contributed by atoms with Crippen molar-refractivity contribution in [2.75, 3.05) is 38.6 Å². The number of hydrogen-bond acceptors (Lipinski definition) is 3. The Bertz CT molecular complexity index is 434. The van der Waals surface area contributed by atoms with Gasteiger partial charge >= 0.3 is 0 Å². The Hall–Kier alpha value is -1.35. The normalized spacial score (nSPS) is 16.9. The summed E-state index contributed by atoms with van der Waals surface area (Å²) in [5.74, 6) is 0.946. The molecule has 3 heteroatoms. The van der Waals surface area contributed by atoms with Gasteiger partial charge in [-0.3, -0.25) is 4.79 Å². The average Bonchev–Trinajstić information content (AvgIpc) is 2.39. The van der Waals surface area contributed by atoms with E-state index in [4.69, 9.17) is 0 Å². The van der Waals surface area contributed by atoms with E-state index in [1.165, 1.54) is 19.4 Å². The van der Waals surface area contributed by atoms with E-state index < -0.39 is 0 Å². The molecule has 0 aromatic heterocycles. The van der Waals surface area contributed by atoms with Crippen LogP contribution in [0.15, 0.2) is 24.3 Å². The molecule has 0 spiro atoms. The van der Waals surface area contributed by atoms with Gasteiger partial charge in [-0.1, -0.05) is 12.1 Å². The number of carbonyl (C=O) groups is 1. The van der Waals surface area contributed by atoms with Crippen LogP contribution in [0.3, 0.4) is 0 Å². The maximum atomic E-state index is 11.7. The molecule has 1 aliphatic heterocycles. The zero-order valence-electron chi connectivity index (χ0n) is 12.2. The first-order valence-corrected chi connectivity index (χ1v) is 7.07. The van der Waals surface area contributed by atoms with Crippen molar-refractivity contribution in [3.63, 3.8) is 0 Å². The highest BCUT2D eigenvalue weighted by molar-refractivity contribution is 5.99. The summed E-state index contributed by atoms with van der Waals surface area (Å²) >= 11 is 0. The zero-order chi connectivity index (χ0) is 13.8. The fourth-order valence-corrected chi connectivity index (χ4v) is 2.92. The smallest absolute Gasteiger partial charge is 0.161 e. The fraction of sp³-hybridized carbons (Fsp3) is 0.562. The number of Topliss-reactive ketones (excluding diaryl/α,β-unsaturated/α-hetero) is 1. The Morgan fingerprint density at radius 3 is 2.47 bits per heavy atom. The average molecular weight is 260 g/mol. The topological polar surface area (TPSA) is 23.6 Å². The summed E-state index contributed by atoms with van der Waals surface area (Å²) in [7, 11) is 4.27. The number of benzene rings is 1. The molecular weight excluding hydrogens is 236 g/mol. The number of piperidine rings is 1. The summed E-state index contributed by atoms with van der Waals surface area (Å²) in [6, 6.07) is 7.97. The van der Waals surface area contributed by atoms with E-state index in [2.05, 4.69) is 30.0 Å². The van der Waals surface area contributed by atoms with E-state index >= 15 is 0 Å². The predicted molar refractivity (Wildman–Crippen MR) is 79.9 cm³/mol. The van der Waals surface area contributed by atoms with Crippen LogP contribution in [0.25, 0.3) is 0 Å². The Morgan fingerprint density at radius 2 is 1.89 bits per heavy atom. The van der Waals surface area contributed by atoms with E-state index in [9.17, 15) is 4.79 Å². The van der Waals surface area contributed by atoms with Gasteiger partial charge in [0.2, 0.25) is 0 Å². The van der Waals surface area contributed by atoms with Crippen LogP contribution in [-0.4, -0.2) is 44.4 Å². The van der Waals surface area contributed by atoms with Gasteiger partial charge in [-0.05, 0) is 51.9 Å². The third kappa shape index (κ3) is 3.57. The van der Waals surface area contributed by atoms with Crippen molar-refractivity contribution in [2.24, 2.45) is 5.92 Å². The molecule has 0 unspecified atom stereocenters. The summed E-state index contributed by atoms with van der Waals surface area (Å²) in [6.07, 6.45) is 2.43. The molecule has 0 aliphatic carbocycles. The molecule has 1 fully saturated rings. The van der Waals surface area contributed by atoms with Crippen LogP contribution < -0.4 is 4.90 Å². The highest BCUT2D eigenvalue weighted by Gasteiger charge is 2.21. The lowest BCUT2D eigenvalue weighted by Gasteiger charge is -2.35. The van der Waals surface area contributed by atoms with Crippen LogP contribution in [-0.2, 0) is 0 Å². The first-order valence-electron chi connectivity index (χ1n) is 7.07. The molecule has 1 aromatic carbocycles. The fourth-order valence-electron chi connectivity index (χ4n) is 2.92. The van der Waals surface area contributed by atoms with E-state index in [-0.39, 0.29) is 5.78 Å². The van der Waals surface area contributed by atoms with Gasteiger partial charge in [0.15, 0.2) is 5.78 Å². The first kappa shape index (κ1) is 14.1. The molecule has 1 aliphatic rings. The Balaban J connectivity index is 2.04. The molecule has 2 rings (SSSR count). The molecule has 1 saturated heterocycles. The molecular formula is C16H24N2O. The maximum absolute atomic E-state index is 11.7. The van der Waals surface area contributed by atoms with Crippen molar-refractivity contribution in [1.29, 1.82) is 0 Å². The summed E-state index contributed by atoms with van der Waals surface area (Å²) in [5, 5.41) is 0. The number of carbonyl (C=O) groups excluding carboxylic acids is 1. The standard InChI is InChI=1S/C16H24N2O/c1-13(19)15-6-4-5-7-16(15)18-10-8-14(9-11-18)12-17(2)3/h4-7,14H,8-12H2,1-3H3. The molecule has 0 amide bonds. The van der Waals surface area contributed by atoms with Crippen molar-refractivity contribution in [2.45, 2.75) is 19.8 Å². The highest BCUT2D eigenvalue weighted by Crippen LogP contribution is 2.26. The van der Waals surface area contributed by atoms with Crippen LogP contribution in [0.2, 0.25) is 0 Å². The van der Waals surface area contributed by atoms with E-state index in [0.717, 1.165) is 30.3 Å². The van der Waals surface area contributed by atoms with Gasteiger partial charge in [0, 0.05) is 30.9 Å². The maximum Gasteiger partial charge on any atom is 0.161 e.